The highest BCUT2D eigenvalue weighted by molar-refractivity contribution is 5.90. The van der Waals surface area contributed by atoms with Crippen molar-refractivity contribution in [2.75, 3.05) is 13.2 Å². The van der Waals surface area contributed by atoms with Gasteiger partial charge in [0.15, 0.2) is 5.90 Å². The van der Waals surface area contributed by atoms with Gasteiger partial charge in [0.2, 0.25) is 5.85 Å². The summed E-state index contributed by atoms with van der Waals surface area (Å²) in [4.78, 5) is 23.5. The van der Waals surface area contributed by atoms with Crippen LogP contribution in [-0.4, -0.2) is 68.5 Å². The fourth-order valence-corrected chi connectivity index (χ4v) is 6.52. The quantitative estimate of drug-likeness (QED) is 0.0837. The number of benzene rings is 2. The van der Waals surface area contributed by atoms with Crippen LogP contribution in [0.15, 0.2) is 84.0 Å². The lowest BCUT2D eigenvalue weighted by Gasteiger charge is -2.39. The van der Waals surface area contributed by atoms with Crippen molar-refractivity contribution in [1.29, 1.82) is 0 Å². The lowest BCUT2D eigenvalue weighted by molar-refractivity contribution is -0.169. The lowest BCUT2D eigenvalue weighted by Crippen LogP contribution is -2.64. The van der Waals surface area contributed by atoms with Crippen molar-refractivity contribution < 1.29 is 24.5 Å². The van der Waals surface area contributed by atoms with Crippen molar-refractivity contribution in [3.05, 3.63) is 90.1 Å². The Hall–Kier alpha value is -3.67. The number of amides is 1. The molecule has 3 aromatic rings. The largest absolute Gasteiger partial charge is 0.474 e. The highest BCUT2D eigenvalue weighted by Gasteiger charge is 2.46. The average molecular weight is 716 g/mol. The van der Waals surface area contributed by atoms with Gasteiger partial charge >= 0.3 is 0 Å². The van der Waals surface area contributed by atoms with Crippen molar-refractivity contribution in [1.82, 2.24) is 15.4 Å². The minimum atomic E-state index is -2.18. The van der Waals surface area contributed by atoms with Crippen molar-refractivity contribution in [2.45, 2.75) is 123 Å². The second kappa shape index (κ2) is 17.4. The van der Waals surface area contributed by atoms with Crippen molar-refractivity contribution in [3.63, 3.8) is 0 Å². The number of hydrazine groups is 1. The predicted octanol–water partition coefficient (Wildman–Crippen LogP) is 6.75. The number of carbonyl (C=O) groups excluding carboxylic acids is 1. The first-order valence-corrected chi connectivity index (χ1v) is 18.8. The van der Waals surface area contributed by atoms with Gasteiger partial charge < -0.3 is 19.7 Å². The summed E-state index contributed by atoms with van der Waals surface area (Å²) in [5.41, 5.74) is 11.3. The Morgan fingerprint density at radius 1 is 1.02 bits per heavy atom. The molecule has 52 heavy (non-hydrogen) atoms. The third-order valence-corrected chi connectivity index (χ3v) is 10.7. The van der Waals surface area contributed by atoms with E-state index in [2.05, 4.69) is 45.0 Å². The van der Waals surface area contributed by atoms with Crippen LogP contribution < -0.4 is 11.2 Å². The molecule has 5 N–H and O–H groups in total. The zero-order chi connectivity index (χ0) is 38.2. The Morgan fingerprint density at radius 3 is 2.27 bits per heavy atom. The Kier molecular flexibility index (Phi) is 13.8. The van der Waals surface area contributed by atoms with Crippen LogP contribution in [0.4, 0.5) is 0 Å². The minimum Gasteiger partial charge on any atom is -0.474 e. The molecule has 2 heterocycles. The Morgan fingerprint density at radius 2 is 1.67 bits per heavy atom. The SMILES string of the molecule is CCC(C)(C)OCCC(CC)(CC)OC1=NC(C(=O)NN(CC(O)C(C)Cc2ccccc2)C(N)(O)c2ccc(-c3ccccn3)cc2)C(C)(C)C1. The number of ether oxygens (including phenoxy) is 2. The summed E-state index contributed by atoms with van der Waals surface area (Å²) < 4.78 is 12.8. The van der Waals surface area contributed by atoms with E-state index >= 15 is 0 Å². The first-order chi connectivity index (χ1) is 24.5. The van der Waals surface area contributed by atoms with E-state index in [9.17, 15) is 15.0 Å². The molecule has 0 aliphatic carbocycles. The number of hydrogen-bond donors (Lipinski definition) is 4. The molecule has 4 atom stereocenters. The number of aliphatic hydroxyl groups excluding tert-OH is 1. The number of pyridine rings is 1. The molecule has 0 fully saturated rings. The summed E-state index contributed by atoms with van der Waals surface area (Å²) in [6.45, 7) is 16.8. The fraction of sp³-hybridized carbons (Fsp3) is 0.548. The number of carbonyl (C=O) groups is 1. The van der Waals surface area contributed by atoms with E-state index in [1.54, 1.807) is 18.3 Å². The molecule has 0 spiro atoms. The van der Waals surface area contributed by atoms with Gasteiger partial charge in [0.1, 0.15) is 11.6 Å². The molecule has 4 rings (SSSR count). The van der Waals surface area contributed by atoms with Crippen LogP contribution in [0.1, 0.15) is 98.6 Å². The van der Waals surface area contributed by atoms with Gasteiger partial charge in [-0.05, 0) is 63.1 Å². The van der Waals surface area contributed by atoms with E-state index in [0.29, 0.717) is 37.3 Å². The molecule has 10 heteroatoms. The molecule has 0 radical (unpaired) electrons. The zero-order valence-corrected chi connectivity index (χ0v) is 32.4. The van der Waals surface area contributed by atoms with Gasteiger partial charge in [-0.15, -0.1) is 0 Å². The van der Waals surface area contributed by atoms with Gasteiger partial charge in [-0.2, -0.15) is 5.01 Å². The smallest absolute Gasteiger partial charge is 0.259 e. The molecule has 1 aliphatic rings. The maximum Gasteiger partial charge on any atom is 0.259 e. The molecule has 0 saturated heterocycles. The Labute approximate surface area is 310 Å². The fourth-order valence-electron chi connectivity index (χ4n) is 6.52. The van der Waals surface area contributed by atoms with E-state index in [1.165, 1.54) is 5.01 Å². The molecule has 0 saturated carbocycles. The van der Waals surface area contributed by atoms with Crippen molar-refractivity contribution >= 4 is 11.8 Å². The summed E-state index contributed by atoms with van der Waals surface area (Å²) in [6, 6.07) is 21.8. The molecule has 10 nitrogen and oxygen atoms in total. The summed E-state index contributed by atoms with van der Waals surface area (Å²) in [5, 5.41) is 24.7. The molecule has 1 aliphatic heterocycles. The van der Waals surface area contributed by atoms with Crippen LogP contribution in [0.2, 0.25) is 0 Å². The minimum absolute atomic E-state index is 0.141. The van der Waals surface area contributed by atoms with Crippen LogP contribution in [0.3, 0.4) is 0 Å². The van der Waals surface area contributed by atoms with E-state index < -0.39 is 34.9 Å². The van der Waals surface area contributed by atoms with Crippen LogP contribution in [0.5, 0.6) is 0 Å². The molecular weight excluding hydrogens is 654 g/mol. The number of aromatic nitrogens is 1. The van der Waals surface area contributed by atoms with Crippen molar-refractivity contribution in [2.24, 2.45) is 22.1 Å². The third kappa shape index (κ3) is 10.5. The van der Waals surface area contributed by atoms with Gasteiger partial charge in [-0.1, -0.05) is 102 Å². The van der Waals surface area contributed by atoms with Gasteiger partial charge in [0, 0.05) is 42.1 Å². The average Bonchev–Trinajstić information content (AvgIpc) is 3.44. The molecular formula is C42H61N5O5. The lowest BCUT2D eigenvalue weighted by atomic mass is 9.83. The van der Waals surface area contributed by atoms with Gasteiger partial charge in [0.25, 0.3) is 5.91 Å². The van der Waals surface area contributed by atoms with E-state index in [0.717, 1.165) is 36.1 Å². The molecule has 0 bridgehead atoms. The maximum atomic E-state index is 14.2. The summed E-state index contributed by atoms with van der Waals surface area (Å²) in [6.07, 6.45) is 4.98. The van der Waals surface area contributed by atoms with Crippen LogP contribution in [0.25, 0.3) is 11.3 Å². The number of aliphatic hydroxyl groups is 2. The molecule has 1 aromatic heterocycles. The number of rotatable bonds is 18. The highest BCUT2D eigenvalue weighted by Crippen LogP contribution is 2.38. The van der Waals surface area contributed by atoms with E-state index in [4.69, 9.17) is 20.2 Å². The summed E-state index contributed by atoms with van der Waals surface area (Å²) in [5.74, 6) is -2.32. The summed E-state index contributed by atoms with van der Waals surface area (Å²) >= 11 is 0. The van der Waals surface area contributed by atoms with Crippen LogP contribution in [-0.2, 0) is 26.5 Å². The third-order valence-electron chi connectivity index (χ3n) is 10.7. The van der Waals surface area contributed by atoms with Gasteiger partial charge in [0.05, 0.1) is 24.0 Å². The second-order valence-electron chi connectivity index (χ2n) is 15.6. The van der Waals surface area contributed by atoms with Gasteiger partial charge in [-0.3, -0.25) is 20.9 Å². The highest BCUT2D eigenvalue weighted by atomic mass is 16.5. The first kappa shape index (κ1) is 41.1. The molecule has 284 valence electrons. The van der Waals surface area contributed by atoms with Crippen molar-refractivity contribution in [3.8, 4) is 11.3 Å². The summed E-state index contributed by atoms with van der Waals surface area (Å²) in [7, 11) is 0. The predicted molar refractivity (Wildman–Crippen MR) is 207 cm³/mol. The normalized spacial score (nSPS) is 18.4. The first-order valence-electron chi connectivity index (χ1n) is 18.8. The molecule has 2 aromatic carbocycles. The zero-order valence-electron chi connectivity index (χ0n) is 32.4. The number of nitrogens with one attached hydrogen (secondary N) is 1. The Bertz CT molecular complexity index is 1590. The second-order valence-corrected chi connectivity index (χ2v) is 15.6. The molecule has 4 unspecified atom stereocenters. The van der Waals surface area contributed by atoms with Gasteiger partial charge in [-0.25, -0.2) is 4.99 Å². The van der Waals surface area contributed by atoms with E-state index in [1.807, 2.05) is 81.4 Å². The number of nitrogens with zero attached hydrogens (tertiary/aromatic N) is 3. The van der Waals surface area contributed by atoms with Crippen LogP contribution >= 0.6 is 0 Å². The monoisotopic (exact) mass is 715 g/mol. The topological polar surface area (TPSA) is 143 Å². The Balaban J connectivity index is 1.58. The number of hydrogen-bond acceptors (Lipinski definition) is 9. The van der Waals surface area contributed by atoms with E-state index in [-0.39, 0.29) is 18.1 Å². The standard InChI is InChI=1S/C42H61N5O5/c1-9-40(7,8)51-26-24-41(10-2,11-3)52-36-28-39(5,6)37(45-36)38(49)46-47(29-35(48)30(4)27-31-17-13-12-14-18-31)42(43,50)33-22-20-32(21-23-33)34-19-15-16-25-44-34/h12-23,25,30,35,37,48,50H,9-11,24,26-29,43H2,1-8H3,(H,46,49). The number of aliphatic imine (C=N–C) groups is 1. The molecule has 1 amide bonds. The number of nitrogens with two attached hydrogens (primary N) is 1. The van der Waals surface area contributed by atoms with Crippen LogP contribution in [0, 0.1) is 11.3 Å². The maximum absolute atomic E-state index is 14.2.